The van der Waals surface area contributed by atoms with Crippen LogP contribution in [0.2, 0.25) is 5.02 Å². The number of hydrogen-bond donors (Lipinski definition) is 2. The van der Waals surface area contributed by atoms with Gasteiger partial charge in [0, 0.05) is 28.1 Å². The van der Waals surface area contributed by atoms with Crippen molar-refractivity contribution in [2.45, 2.75) is 6.92 Å². The van der Waals surface area contributed by atoms with Crippen LogP contribution in [0.15, 0.2) is 65.5 Å². The molecule has 4 rings (SSSR count). The zero-order valence-corrected chi connectivity index (χ0v) is 15.1. The summed E-state index contributed by atoms with van der Waals surface area (Å²) in [7, 11) is 0. The molecule has 0 saturated heterocycles. The minimum atomic E-state index is -0.388. The molecule has 1 amide bonds. The van der Waals surface area contributed by atoms with Gasteiger partial charge in [0.15, 0.2) is 0 Å². The van der Waals surface area contributed by atoms with Crippen molar-refractivity contribution in [1.29, 1.82) is 0 Å². The molecule has 7 heteroatoms. The molecule has 0 spiro atoms. The highest BCUT2D eigenvalue weighted by Crippen LogP contribution is 2.22. The second-order valence-corrected chi connectivity index (χ2v) is 6.55. The third kappa shape index (κ3) is 3.35. The summed E-state index contributed by atoms with van der Waals surface area (Å²) in [6, 6.07) is 17.4. The van der Waals surface area contributed by atoms with Gasteiger partial charge in [-0.15, -0.1) is 0 Å². The molecule has 0 saturated carbocycles. The number of carbonyl (C=O) groups excluding carboxylic acids is 1. The van der Waals surface area contributed by atoms with Crippen molar-refractivity contribution in [3.05, 3.63) is 87.3 Å². The zero-order valence-electron chi connectivity index (χ0n) is 14.4. The van der Waals surface area contributed by atoms with Gasteiger partial charge in [-0.3, -0.25) is 9.59 Å². The van der Waals surface area contributed by atoms with Crippen molar-refractivity contribution in [2.75, 3.05) is 5.32 Å². The van der Waals surface area contributed by atoms with Crippen LogP contribution in [-0.4, -0.2) is 20.7 Å². The first-order chi connectivity index (χ1) is 13.0. The fourth-order valence-corrected chi connectivity index (χ4v) is 3.15. The molecule has 2 aromatic heterocycles. The van der Waals surface area contributed by atoms with Crippen molar-refractivity contribution in [1.82, 2.24) is 14.8 Å². The van der Waals surface area contributed by atoms with Crippen molar-refractivity contribution >= 4 is 34.2 Å². The maximum absolute atomic E-state index is 12.9. The number of benzene rings is 2. The molecule has 27 heavy (non-hydrogen) atoms. The van der Waals surface area contributed by atoms with Crippen LogP contribution >= 0.6 is 11.6 Å². The van der Waals surface area contributed by atoms with Gasteiger partial charge in [0.05, 0.1) is 16.9 Å². The smallest absolute Gasteiger partial charge is 0.257 e. The monoisotopic (exact) mass is 378 g/mol. The number of hydrogen-bond acceptors (Lipinski definition) is 3. The van der Waals surface area contributed by atoms with E-state index in [9.17, 15) is 9.59 Å². The summed E-state index contributed by atoms with van der Waals surface area (Å²) < 4.78 is 1.61. The predicted octanol–water partition coefficient (Wildman–Crippen LogP) is 3.93. The summed E-state index contributed by atoms with van der Waals surface area (Å²) in [6.07, 6.45) is 0. The second kappa shape index (κ2) is 6.74. The molecular formula is C20H15ClN4O2. The number of anilines is 1. The summed E-state index contributed by atoms with van der Waals surface area (Å²) in [4.78, 5) is 27.6. The van der Waals surface area contributed by atoms with E-state index in [1.807, 2.05) is 25.1 Å². The Morgan fingerprint density at radius 3 is 2.74 bits per heavy atom. The Morgan fingerprint density at radius 2 is 1.93 bits per heavy atom. The molecule has 0 atom stereocenters. The van der Waals surface area contributed by atoms with Crippen LogP contribution in [0.3, 0.4) is 0 Å². The van der Waals surface area contributed by atoms with Crippen LogP contribution in [0.5, 0.6) is 0 Å². The Morgan fingerprint density at radius 1 is 1.11 bits per heavy atom. The minimum Gasteiger partial charge on any atom is -0.322 e. The lowest BCUT2D eigenvalue weighted by atomic mass is 10.1. The Labute approximate surface area is 159 Å². The number of aryl methyl sites for hydroxylation is 1. The topological polar surface area (TPSA) is 79.8 Å². The molecule has 6 nitrogen and oxygen atoms in total. The minimum absolute atomic E-state index is 0.297. The normalized spacial score (nSPS) is 10.9. The number of amides is 1. The van der Waals surface area contributed by atoms with Crippen LogP contribution < -0.4 is 10.9 Å². The number of nitrogens with zero attached hydrogens (tertiary/aromatic N) is 2. The van der Waals surface area contributed by atoms with E-state index in [0.29, 0.717) is 27.3 Å². The van der Waals surface area contributed by atoms with Gasteiger partial charge >= 0.3 is 0 Å². The van der Waals surface area contributed by atoms with Gasteiger partial charge in [0.2, 0.25) is 5.56 Å². The molecule has 2 N–H and O–H groups in total. The maximum Gasteiger partial charge on any atom is 0.257 e. The zero-order chi connectivity index (χ0) is 19.0. The molecule has 0 unspecified atom stereocenters. The third-order valence-corrected chi connectivity index (χ3v) is 4.36. The van der Waals surface area contributed by atoms with Crippen LogP contribution in [0, 0.1) is 6.92 Å². The number of aromatic amines is 1. The Bertz CT molecular complexity index is 1230. The maximum atomic E-state index is 12.9. The largest absolute Gasteiger partial charge is 0.322 e. The summed E-state index contributed by atoms with van der Waals surface area (Å²) >= 11 is 6.07. The van der Waals surface area contributed by atoms with E-state index >= 15 is 0 Å². The number of H-pyrrole nitrogens is 1. The van der Waals surface area contributed by atoms with Crippen molar-refractivity contribution in [2.24, 2.45) is 0 Å². The lowest BCUT2D eigenvalue weighted by Gasteiger charge is -2.10. The van der Waals surface area contributed by atoms with Gasteiger partial charge < -0.3 is 10.3 Å². The van der Waals surface area contributed by atoms with E-state index in [1.165, 1.54) is 6.07 Å². The predicted molar refractivity (Wildman–Crippen MR) is 106 cm³/mol. The number of carbonyl (C=O) groups is 1. The van der Waals surface area contributed by atoms with Crippen LogP contribution in [-0.2, 0) is 0 Å². The quantitative estimate of drug-likeness (QED) is 0.567. The lowest BCUT2D eigenvalue weighted by Crippen LogP contribution is -2.18. The highest BCUT2D eigenvalue weighted by atomic mass is 35.5. The Hall–Kier alpha value is -3.38. The number of aromatic nitrogens is 3. The van der Waals surface area contributed by atoms with E-state index in [0.717, 1.165) is 11.4 Å². The van der Waals surface area contributed by atoms with Crippen molar-refractivity contribution in [3.63, 3.8) is 0 Å². The number of halogens is 1. The molecule has 0 aliphatic rings. The van der Waals surface area contributed by atoms with E-state index in [1.54, 1.807) is 41.1 Å². The number of para-hydroxylation sites is 1. The summed E-state index contributed by atoms with van der Waals surface area (Å²) in [5.74, 6) is 0.101. The van der Waals surface area contributed by atoms with Gasteiger partial charge in [0.1, 0.15) is 5.82 Å². The van der Waals surface area contributed by atoms with E-state index in [-0.39, 0.29) is 11.5 Å². The number of rotatable bonds is 3. The lowest BCUT2D eigenvalue weighted by molar-refractivity contribution is 0.102. The van der Waals surface area contributed by atoms with Gasteiger partial charge in [-0.25, -0.2) is 4.68 Å². The van der Waals surface area contributed by atoms with E-state index in [2.05, 4.69) is 15.4 Å². The molecular weight excluding hydrogens is 364 g/mol. The first kappa shape index (κ1) is 17.1. The van der Waals surface area contributed by atoms with Gasteiger partial charge in [-0.1, -0.05) is 35.9 Å². The summed E-state index contributed by atoms with van der Waals surface area (Å²) in [5.41, 5.74) is 2.03. The molecule has 134 valence electrons. The van der Waals surface area contributed by atoms with Crippen LogP contribution in [0.25, 0.3) is 16.6 Å². The van der Waals surface area contributed by atoms with Gasteiger partial charge in [-0.2, -0.15) is 5.10 Å². The third-order valence-electron chi connectivity index (χ3n) is 4.12. The molecule has 4 aromatic rings. The van der Waals surface area contributed by atoms with Gasteiger partial charge in [-0.05, 0) is 31.2 Å². The second-order valence-electron chi connectivity index (χ2n) is 6.11. The standard InChI is InChI=1S/C20H15ClN4O2/c1-12-9-18(25(24-12)14-6-4-5-13(21)10-14)23-20(27)16-11-19(26)22-17-8-3-2-7-15(16)17/h2-11H,1H3,(H,22,26)(H,23,27). The molecule has 2 aromatic carbocycles. The number of fused-ring (bicyclic) bond motifs is 1. The molecule has 0 aliphatic carbocycles. The molecule has 0 fully saturated rings. The van der Waals surface area contributed by atoms with Crippen LogP contribution in [0.1, 0.15) is 16.1 Å². The van der Waals surface area contributed by atoms with Crippen molar-refractivity contribution < 1.29 is 4.79 Å². The average Bonchev–Trinajstić information content (AvgIpc) is 3.01. The molecule has 0 aliphatic heterocycles. The Balaban J connectivity index is 1.76. The molecule has 0 bridgehead atoms. The highest BCUT2D eigenvalue weighted by molar-refractivity contribution is 6.30. The first-order valence-electron chi connectivity index (χ1n) is 8.27. The highest BCUT2D eigenvalue weighted by Gasteiger charge is 2.15. The first-order valence-corrected chi connectivity index (χ1v) is 8.65. The average molecular weight is 379 g/mol. The molecule has 2 heterocycles. The van der Waals surface area contributed by atoms with Gasteiger partial charge in [0.25, 0.3) is 5.91 Å². The van der Waals surface area contributed by atoms with E-state index < -0.39 is 0 Å². The van der Waals surface area contributed by atoms with Crippen molar-refractivity contribution in [3.8, 4) is 5.69 Å². The number of pyridine rings is 1. The summed E-state index contributed by atoms with van der Waals surface area (Å²) in [6.45, 7) is 1.83. The Kier molecular flexibility index (Phi) is 4.25. The van der Waals surface area contributed by atoms with E-state index in [4.69, 9.17) is 11.6 Å². The SMILES string of the molecule is Cc1cc(NC(=O)c2cc(=O)[nH]c3ccccc23)n(-c2cccc(Cl)c2)n1. The number of nitrogens with one attached hydrogen (secondary N) is 2. The summed E-state index contributed by atoms with van der Waals surface area (Å²) in [5, 5.41) is 8.51. The van der Waals surface area contributed by atoms with Crippen LogP contribution in [0.4, 0.5) is 5.82 Å². The fourth-order valence-electron chi connectivity index (χ4n) is 2.97. The molecule has 0 radical (unpaired) electrons. The fraction of sp³-hybridized carbons (Fsp3) is 0.0500.